The molecule has 0 heterocycles. The van der Waals surface area contributed by atoms with E-state index in [0.717, 1.165) is 0 Å². The number of carboxylic acids is 4. The molecular formula is C9H4O12. The molecule has 112 valence electrons. The van der Waals surface area contributed by atoms with Gasteiger partial charge in [0.15, 0.2) is 25.1 Å². The van der Waals surface area contributed by atoms with Gasteiger partial charge < -0.3 is 39.6 Å². The predicted molar refractivity (Wildman–Crippen MR) is 47.5 cm³/mol. The third-order valence-corrected chi connectivity index (χ3v) is 0.385. The quantitative estimate of drug-likeness (QED) is 0.348. The summed E-state index contributed by atoms with van der Waals surface area (Å²) in [5, 5.41) is 35.6. The summed E-state index contributed by atoms with van der Waals surface area (Å²) in [5.41, 5.74) is 0. The zero-order valence-electron chi connectivity index (χ0n) is 9.71. The average molecular weight is 304 g/mol. The molecule has 0 saturated heterocycles. The van der Waals surface area contributed by atoms with Gasteiger partial charge in [-0.15, -0.1) is 0 Å². The number of carbonyl (C=O) groups excluding carboxylic acids is 8. The fraction of sp³-hybridized carbons (Fsp3) is 0. The maximum absolute atomic E-state index is 8.89. The molecule has 12 heteroatoms. The van der Waals surface area contributed by atoms with E-state index in [9.17, 15) is 0 Å². The first-order valence-electron chi connectivity index (χ1n) is 3.73. The first-order valence-corrected chi connectivity index (χ1v) is 3.73. The Morgan fingerprint density at radius 3 is 0.524 bits per heavy atom. The van der Waals surface area contributed by atoms with E-state index in [-0.39, 0.29) is 32.6 Å². The predicted octanol–water partition coefficient (Wildman–Crippen LogP) is -8.18. The summed E-state index contributed by atoms with van der Waals surface area (Å²) in [6.45, 7) is 0. The minimum absolute atomic E-state index is 0. The van der Waals surface area contributed by atoms with Crippen LogP contribution < -0.4 is 20.4 Å². The van der Waals surface area contributed by atoms with Crippen molar-refractivity contribution in [2.75, 3.05) is 0 Å². The second-order valence-electron chi connectivity index (χ2n) is 1.75. The van der Waals surface area contributed by atoms with E-state index in [1.165, 1.54) is 0 Å². The number of carbonyl (C=O) groups is 8. The van der Waals surface area contributed by atoms with Gasteiger partial charge in [0.25, 0.3) is 0 Å². The van der Waals surface area contributed by atoms with Crippen molar-refractivity contribution < 1.29 is 58.8 Å². The third kappa shape index (κ3) is 169. The molecule has 12 nitrogen and oxygen atoms in total. The molecule has 0 unspecified atom stereocenters. The van der Waals surface area contributed by atoms with E-state index >= 15 is 0 Å². The molecule has 0 aromatic carbocycles. The van der Waals surface area contributed by atoms with Gasteiger partial charge in [0.2, 0.25) is 0 Å². The van der Waals surface area contributed by atoms with Crippen LogP contribution in [0.15, 0.2) is 0 Å². The molecule has 0 atom stereocenters. The van der Waals surface area contributed by atoms with Gasteiger partial charge in [-0.05, 0) is 0 Å². The maximum Gasteiger partial charge on any atom is 4.00 e. The number of hydrogen-bond acceptors (Lipinski definition) is 12. The molecular weight excluding hydrogens is 300 g/mol. The van der Waals surface area contributed by atoms with Crippen molar-refractivity contribution in [3.05, 3.63) is 7.43 Å². The molecule has 0 rings (SSSR count). The zero-order chi connectivity index (χ0) is 17.1. The molecule has 0 radical (unpaired) electrons. The van der Waals surface area contributed by atoms with Crippen molar-refractivity contribution in [2.24, 2.45) is 0 Å². The van der Waals surface area contributed by atoms with Crippen LogP contribution in [0.25, 0.3) is 0 Å². The molecule has 21 heavy (non-hydrogen) atoms. The van der Waals surface area contributed by atoms with Gasteiger partial charge in [-0.25, -0.2) is 0 Å². The van der Waals surface area contributed by atoms with E-state index in [1.807, 2.05) is 0 Å². The molecule has 0 fully saturated rings. The minimum atomic E-state index is -1.68. The Balaban J connectivity index is -0.0000000533. The summed E-state index contributed by atoms with van der Waals surface area (Å²) in [7, 11) is 0. The molecule has 0 aromatic heterocycles. The van der Waals surface area contributed by atoms with Crippen LogP contribution >= 0.6 is 0 Å². The molecule has 0 N–H and O–H groups in total. The minimum Gasteiger partial charge on any atom is -0.542 e. The fourth-order valence-corrected chi connectivity index (χ4v) is 0. The van der Waals surface area contributed by atoms with E-state index in [1.54, 1.807) is 0 Å². The Morgan fingerprint density at radius 2 is 0.524 bits per heavy atom. The normalized spacial score (nSPS) is 6.10. The van der Waals surface area contributed by atoms with Gasteiger partial charge in [0.05, 0.1) is 0 Å². The molecule has 0 saturated carbocycles. The molecule has 0 aliphatic rings. The number of aliphatic carboxylic acids is 4. The second-order valence-corrected chi connectivity index (χ2v) is 1.75. The van der Waals surface area contributed by atoms with E-state index in [4.69, 9.17) is 58.8 Å². The summed E-state index contributed by atoms with van der Waals surface area (Å²) in [4.78, 5) is 70.9. The molecule has 0 aromatic rings. The van der Waals surface area contributed by atoms with Gasteiger partial charge >= 0.3 is 7.43 Å². The van der Waals surface area contributed by atoms with Gasteiger partial charge in [-0.2, -0.15) is 0 Å². The first-order chi connectivity index (χ1) is 9.08. The largest absolute Gasteiger partial charge is 4.00 e. The van der Waals surface area contributed by atoms with Crippen LogP contribution in [0.2, 0.25) is 0 Å². The standard InChI is InChI=1S/4C2H2O3.C/c4*3-1-2(4)5;/h4*1H,(H,4,5);/q;;;;+4/p-4. The average Bonchev–Trinajstić information content (AvgIpc) is 2.40. The Hall–Kier alpha value is -3.44. The SMILES string of the molecule is O=CC(=O)[O-].O=CC(=O)[O-].O=CC(=O)[O-].O=CC(=O)[O-].[C+4]. The maximum atomic E-state index is 8.89. The Morgan fingerprint density at radius 1 is 0.476 bits per heavy atom. The number of aldehydes is 4. The second kappa shape index (κ2) is 25.4. The number of rotatable bonds is 4. The van der Waals surface area contributed by atoms with Gasteiger partial charge in [-0.1, -0.05) is 0 Å². The van der Waals surface area contributed by atoms with Gasteiger partial charge in [-0.3, -0.25) is 19.2 Å². The van der Waals surface area contributed by atoms with Crippen LogP contribution in [0.1, 0.15) is 0 Å². The summed E-state index contributed by atoms with van der Waals surface area (Å²) in [5.74, 6) is -6.70. The Bertz CT molecular complexity index is 297. The summed E-state index contributed by atoms with van der Waals surface area (Å²) in [6, 6.07) is 0. The monoisotopic (exact) mass is 304 g/mol. The summed E-state index contributed by atoms with van der Waals surface area (Å²) >= 11 is 0. The topological polar surface area (TPSA) is 229 Å². The van der Waals surface area contributed by atoms with Gasteiger partial charge in [0, 0.05) is 0 Å². The van der Waals surface area contributed by atoms with Crippen LogP contribution in [-0.2, 0) is 38.4 Å². The van der Waals surface area contributed by atoms with Crippen molar-refractivity contribution in [1.82, 2.24) is 0 Å². The van der Waals surface area contributed by atoms with Crippen LogP contribution in [-0.4, -0.2) is 49.0 Å². The van der Waals surface area contributed by atoms with Crippen LogP contribution in [0.4, 0.5) is 0 Å². The van der Waals surface area contributed by atoms with Crippen LogP contribution in [0.3, 0.4) is 0 Å². The van der Waals surface area contributed by atoms with Crippen molar-refractivity contribution in [3.8, 4) is 0 Å². The molecule has 0 aliphatic heterocycles. The summed E-state index contributed by atoms with van der Waals surface area (Å²) < 4.78 is 0. The number of carboxylic acid groups (broad SMARTS) is 4. The smallest absolute Gasteiger partial charge is 0.542 e. The molecule has 0 spiro atoms. The van der Waals surface area contributed by atoms with E-state index < -0.39 is 23.9 Å². The number of hydrogen-bond donors (Lipinski definition) is 0. The van der Waals surface area contributed by atoms with Crippen molar-refractivity contribution in [1.29, 1.82) is 0 Å². The summed E-state index contributed by atoms with van der Waals surface area (Å²) in [6.07, 6.45) is -1.11. The Kier molecular flexibility index (Phi) is 36.9. The van der Waals surface area contributed by atoms with Crippen molar-refractivity contribution in [2.45, 2.75) is 0 Å². The first kappa shape index (κ1) is 30.5. The third-order valence-electron chi connectivity index (χ3n) is 0.385. The van der Waals surface area contributed by atoms with E-state index in [0.29, 0.717) is 0 Å². The van der Waals surface area contributed by atoms with Gasteiger partial charge in [0.1, 0.15) is 23.9 Å². The van der Waals surface area contributed by atoms with Crippen LogP contribution in [0.5, 0.6) is 0 Å². The van der Waals surface area contributed by atoms with Crippen molar-refractivity contribution >= 4 is 49.0 Å². The molecule has 0 bridgehead atoms. The van der Waals surface area contributed by atoms with E-state index in [2.05, 4.69) is 0 Å². The zero-order valence-corrected chi connectivity index (χ0v) is 9.71. The fourth-order valence-electron chi connectivity index (χ4n) is 0. The molecule has 0 aliphatic carbocycles. The Labute approximate surface area is 116 Å². The molecule has 0 amide bonds. The van der Waals surface area contributed by atoms with Crippen LogP contribution in [0, 0.1) is 7.43 Å². The van der Waals surface area contributed by atoms with Crippen molar-refractivity contribution in [3.63, 3.8) is 0 Å².